The van der Waals surface area contributed by atoms with Crippen molar-refractivity contribution in [2.24, 2.45) is 0 Å². The third-order valence-corrected chi connectivity index (χ3v) is 8.53. The highest BCUT2D eigenvalue weighted by Crippen LogP contribution is 2.31. The van der Waals surface area contributed by atoms with Gasteiger partial charge in [0, 0.05) is 0 Å². The highest BCUT2D eigenvalue weighted by atomic mass is 16.5. The molecule has 0 bridgehead atoms. The Labute approximate surface area is 334 Å². The highest BCUT2D eigenvalue weighted by Gasteiger charge is 2.15. The Morgan fingerprint density at radius 3 is 0.552 bits per heavy atom. The molecule has 12 nitrogen and oxygen atoms in total. The van der Waals surface area contributed by atoms with Gasteiger partial charge in [0.05, 0.1) is 0 Å². The minimum absolute atomic E-state index is 0.00616. The van der Waals surface area contributed by atoms with Crippen molar-refractivity contribution in [3.05, 3.63) is 168 Å². The van der Waals surface area contributed by atoms with E-state index in [0.29, 0.717) is 34.5 Å². The summed E-state index contributed by atoms with van der Waals surface area (Å²) >= 11 is 0. The third kappa shape index (κ3) is 9.86. The molecule has 0 radical (unpaired) electrons. The normalized spacial score (nSPS) is 10.8. The van der Waals surface area contributed by atoms with Crippen molar-refractivity contribution < 1.29 is 28.4 Å². The lowest BCUT2D eigenvalue weighted by atomic mass is 10.1. The van der Waals surface area contributed by atoms with Crippen molar-refractivity contribution in [3.63, 3.8) is 0 Å². The maximum atomic E-state index is 6.07. The molecule has 8 rings (SSSR count). The van der Waals surface area contributed by atoms with Crippen molar-refractivity contribution in [1.29, 1.82) is 0 Å². The van der Waals surface area contributed by atoms with Crippen molar-refractivity contribution in [2.75, 3.05) is 0 Å². The Morgan fingerprint density at radius 2 is 0.379 bits per heavy atom. The SMILES string of the molecule is Cc1ccc(Oc2nc(Oc3ccc(C)cc3)nc(Oc3ccc(-c4ccc(Oc5nc(Oc6ccc(C)cc6)nc(Oc6ccc(C)cc6)n5)cc4)cc3)n2)cc1. The van der Waals surface area contributed by atoms with Crippen LogP contribution >= 0.6 is 0 Å². The van der Waals surface area contributed by atoms with Gasteiger partial charge in [-0.15, -0.1) is 29.9 Å². The van der Waals surface area contributed by atoms with Crippen LogP contribution in [-0.4, -0.2) is 29.9 Å². The van der Waals surface area contributed by atoms with E-state index in [2.05, 4.69) is 29.9 Å². The second kappa shape index (κ2) is 16.9. The van der Waals surface area contributed by atoms with Crippen molar-refractivity contribution >= 4 is 0 Å². The summed E-state index contributed by atoms with van der Waals surface area (Å²) in [5.74, 6) is 3.25. The molecule has 58 heavy (non-hydrogen) atoms. The molecule has 0 aliphatic rings. The first-order valence-electron chi connectivity index (χ1n) is 18.3. The molecule has 0 amide bonds. The van der Waals surface area contributed by atoms with Gasteiger partial charge in [-0.2, -0.15) is 0 Å². The average molecular weight is 769 g/mol. The lowest BCUT2D eigenvalue weighted by Gasteiger charge is -2.11. The third-order valence-electron chi connectivity index (χ3n) is 8.53. The minimum Gasteiger partial charge on any atom is -0.424 e. The first kappa shape index (κ1) is 37.1. The van der Waals surface area contributed by atoms with Crippen molar-refractivity contribution in [1.82, 2.24) is 29.9 Å². The van der Waals surface area contributed by atoms with Gasteiger partial charge in [0.2, 0.25) is 0 Å². The predicted octanol–water partition coefficient (Wildman–Crippen LogP) is 11.7. The van der Waals surface area contributed by atoms with Crippen LogP contribution in [0.4, 0.5) is 0 Å². The van der Waals surface area contributed by atoms with Gasteiger partial charge < -0.3 is 28.4 Å². The maximum Gasteiger partial charge on any atom is 0.331 e. The quantitative estimate of drug-likeness (QED) is 0.110. The Morgan fingerprint density at radius 1 is 0.224 bits per heavy atom. The number of ether oxygens (including phenoxy) is 6. The van der Waals surface area contributed by atoms with Gasteiger partial charge >= 0.3 is 36.1 Å². The van der Waals surface area contributed by atoms with E-state index < -0.39 is 0 Å². The van der Waals surface area contributed by atoms with E-state index in [0.717, 1.165) is 33.4 Å². The molecular weight excluding hydrogens is 733 g/mol. The van der Waals surface area contributed by atoms with Crippen LogP contribution in [0.5, 0.6) is 70.6 Å². The van der Waals surface area contributed by atoms with Gasteiger partial charge in [-0.1, -0.05) is 95.1 Å². The molecule has 12 heteroatoms. The summed E-state index contributed by atoms with van der Waals surface area (Å²) in [7, 11) is 0. The van der Waals surface area contributed by atoms with Crippen LogP contribution in [0.15, 0.2) is 146 Å². The fourth-order valence-electron chi connectivity index (χ4n) is 5.40. The van der Waals surface area contributed by atoms with Gasteiger partial charge in [-0.05, 0) is 112 Å². The topological polar surface area (TPSA) is 133 Å². The predicted molar refractivity (Wildman–Crippen MR) is 217 cm³/mol. The van der Waals surface area contributed by atoms with E-state index in [4.69, 9.17) is 28.4 Å². The Hall–Kier alpha value is -7.86. The van der Waals surface area contributed by atoms with Crippen LogP contribution in [0.2, 0.25) is 0 Å². The zero-order valence-corrected chi connectivity index (χ0v) is 32.0. The fourth-order valence-corrected chi connectivity index (χ4v) is 5.40. The summed E-state index contributed by atoms with van der Waals surface area (Å²) in [5, 5.41) is 0. The molecule has 0 atom stereocenters. The molecule has 0 unspecified atom stereocenters. The largest absolute Gasteiger partial charge is 0.424 e. The Bertz CT molecular complexity index is 2310. The number of aryl methyl sites for hydroxylation is 4. The van der Waals surface area contributed by atoms with Crippen LogP contribution in [0.25, 0.3) is 11.1 Å². The number of nitrogens with zero attached hydrogens (tertiary/aromatic N) is 6. The van der Waals surface area contributed by atoms with Gasteiger partial charge in [0.1, 0.15) is 34.5 Å². The summed E-state index contributed by atoms with van der Waals surface area (Å²) in [5.41, 5.74) is 6.26. The van der Waals surface area contributed by atoms with Crippen LogP contribution in [0.1, 0.15) is 22.3 Å². The van der Waals surface area contributed by atoms with Crippen molar-refractivity contribution in [2.45, 2.75) is 27.7 Å². The molecule has 0 N–H and O–H groups in total. The summed E-state index contributed by atoms with van der Waals surface area (Å²) in [6.07, 6.45) is 0. The van der Waals surface area contributed by atoms with E-state index in [9.17, 15) is 0 Å². The molecule has 6 aromatic carbocycles. The second-order valence-corrected chi connectivity index (χ2v) is 13.3. The first-order valence-corrected chi connectivity index (χ1v) is 18.3. The zero-order chi connectivity index (χ0) is 39.8. The molecule has 8 aromatic rings. The molecule has 2 heterocycles. The molecule has 0 aliphatic heterocycles. The van der Waals surface area contributed by atoms with Crippen molar-refractivity contribution in [3.8, 4) is 81.7 Å². The van der Waals surface area contributed by atoms with Gasteiger partial charge in [-0.25, -0.2) is 0 Å². The standard InChI is InChI=1S/C46H36N6O6/c1-29-5-17-35(18-6-29)53-41-47-42(54-36-19-7-30(2)8-20-36)50-45(49-41)57-39-25-13-33(14-26-39)34-15-27-40(28-16-34)58-46-51-43(55-37-21-9-31(3)10-22-37)48-44(52-46)56-38-23-11-32(4)12-24-38/h5-28H,1-4H3. The van der Waals surface area contributed by atoms with Gasteiger partial charge in [0.25, 0.3) is 0 Å². The van der Waals surface area contributed by atoms with E-state index in [-0.39, 0.29) is 36.1 Å². The number of rotatable bonds is 13. The minimum atomic E-state index is 0.00616. The fraction of sp³-hybridized carbons (Fsp3) is 0.0870. The van der Waals surface area contributed by atoms with E-state index in [1.54, 1.807) is 0 Å². The maximum absolute atomic E-state index is 6.07. The van der Waals surface area contributed by atoms with Crippen LogP contribution in [0, 0.1) is 27.7 Å². The first-order chi connectivity index (χ1) is 28.2. The lowest BCUT2D eigenvalue weighted by molar-refractivity contribution is 0.361. The van der Waals surface area contributed by atoms with E-state index in [1.807, 2.05) is 173 Å². The van der Waals surface area contributed by atoms with Gasteiger partial charge in [-0.3, -0.25) is 0 Å². The molecule has 0 spiro atoms. The molecule has 0 fully saturated rings. The van der Waals surface area contributed by atoms with E-state index in [1.165, 1.54) is 0 Å². The lowest BCUT2D eigenvalue weighted by Crippen LogP contribution is -2.01. The number of aromatic nitrogens is 6. The zero-order valence-electron chi connectivity index (χ0n) is 32.0. The monoisotopic (exact) mass is 768 g/mol. The summed E-state index contributed by atoms with van der Waals surface area (Å²) in [6, 6.07) is 45.3. The second-order valence-electron chi connectivity index (χ2n) is 13.3. The summed E-state index contributed by atoms with van der Waals surface area (Å²) in [4.78, 5) is 26.3. The highest BCUT2D eigenvalue weighted by molar-refractivity contribution is 5.65. The Balaban J connectivity index is 0.975. The van der Waals surface area contributed by atoms with Gasteiger partial charge in [0.15, 0.2) is 0 Å². The smallest absolute Gasteiger partial charge is 0.331 e. The molecule has 0 aliphatic carbocycles. The van der Waals surface area contributed by atoms with Crippen LogP contribution < -0.4 is 28.4 Å². The molecule has 286 valence electrons. The summed E-state index contributed by atoms with van der Waals surface area (Å²) in [6.45, 7) is 7.99. The molecule has 0 saturated heterocycles. The van der Waals surface area contributed by atoms with Crippen LogP contribution in [-0.2, 0) is 0 Å². The molecular formula is C46H36N6O6. The molecule has 0 saturated carbocycles. The van der Waals surface area contributed by atoms with E-state index >= 15 is 0 Å². The summed E-state index contributed by atoms with van der Waals surface area (Å²) < 4.78 is 35.9. The Kier molecular flexibility index (Phi) is 10.8. The van der Waals surface area contributed by atoms with Crippen LogP contribution in [0.3, 0.4) is 0 Å². The average Bonchev–Trinajstić information content (AvgIpc) is 3.22. The molecule has 2 aromatic heterocycles. The number of hydrogen-bond acceptors (Lipinski definition) is 12. The number of hydrogen-bond donors (Lipinski definition) is 0. The number of benzene rings is 6.